The Labute approximate surface area is 130 Å². The monoisotopic (exact) mass is 329 g/mol. The third kappa shape index (κ3) is 3.24. The summed E-state index contributed by atoms with van der Waals surface area (Å²) in [5, 5.41) is -0.817. The Morgan fingerprint density at radius 2 is 1.76 bits per heavy atom. The zero-order valence-corrected chi connectivity index (χ0v) is 14.1. The van der Waals surface area contributed by atoms with Crippen molar-refractivity contribution in [1.29, 1.82) is 0 Å². The maximum Gasteiger partial charge on any atom is 0.237 e. The Balaban J connectivity index is 2.49. The first-order valence-electron chi connectivity index (χ1n) is 7.14. The van der Waals surface area contributed by atoms with Crippen molar-refractivity contribution in [2.24, 2.45) is 0 Å². The highest BCUT2D eigenvalue weighted by atomic mass is 35.7. The van der Waals surface area contributed by atoms with Crippen LogP contribution in [0.15, 0.2) is 12.1 Å². The smallest absolute Gasteiger partial charge is 0.237 e. The second kappa shape index (κ2) is 5.97. The molecule has 1 atom stereocenters. The van der Waals surface area contributed by atoms with Gasteiger partial charge in [0.05, 0.1) is 5.69 Å². The molecule has 1 unspecified atom stereocenters. The first-order chi connectivity index (χ1) is 9.77. The Kier molecular flexibility index (Phi) is 4.63. The minimum atomic E-state index is -3.71. The van der Waals surface area contributed by atoms with Crippen molar-refractivity contribution in [2.45, 2.75) is 45.3 Å². The molecule has 0 N–H and O–H groups in total. The van der Waals surface area contributed by atoms with Crippen molar-refractivity contribution < 1.29 is 13.2 Å². The van der Waals surface area contributed by atoms with Crippen molar-refractivity contribution in [3.8, 4) is 0 Å². The Morgan fingerprint density at radius 3 is 2.14 bits per heavy atom. The average molecular weight is 330 g/mol. The van der Waals surface area contributed by atoms with Crippen LogP contribution in [0, 0.1) is 6.92 Å². The van der Waals surface area contributed by atoms with Crippen LogP contribution < -0.4 is 4.90 Å². The van der Waals surface area contributed by atoms with Crippen LogP contribution in [0.2, 0.25) is 0 Å². The molecule has 1 saturated heterocycles. The fourth-order valence-electron chi connectivity index (χ4n) is 2.90. The largest absolute Gasteiger partial charge is 0.310 e. The van der Waals surface area contributed by atoms with Gasteiger partial charge in [0.25, 0.3) is 0 Å². The summed E-state index contributed by atoms with van der Waals surface area (Å²) in [6.45, 7) is 6.25. The van der Waals surface area contributed by atoms with Gasteiger partial charge in [-0.2, -0.15) is 0 Å². The van der Waals surface area contributed by atoms with E-state index in [2.05, 4.69) is 12.1 Å². The quantitative estimate of drug-likeness (QED) is 0.798. The van der Waals surface area contributed by atoms with Crippen molar-refractivity contribution in [1.82, 2.24) is 0 Å². The summed E-state index contributed by atoms with van der Waals surface area (Å²) in [5.74, 6) is -0.169. The summed E-state index contributed by atoms with van der Waals surface area (Å²) in [7, 11) is 1.71. The molecule has 1 aliphatic heterocycles. The molecular formula is C15H20ClNO3S. The number of anilines is 1. The van der Waals surface area contributed by atoms with Gasteiger partial charge in [-0.3, -0.25) is 4.79 Å². The standard InChI is InChI=1S/C15H20ClNO3S/c1-4-11-6-10(3)7-12(5-2)15(11)17-9-13(8-14(17)18)21(16,19)20/h6-7,13H,4-5,8-9H2,1-3H3. The molecule has 116 valence electrons. The predicted octanol–water partition coefficient (Wildman–Crippen LogP) is 2.79. The van der Waals surface area contributed by atoms with E-state index in [1.165, 1.54) is 0 Å². The van der Waals surface area contributed by atoms with Gasteiger partial charge in [0.2, 0.25) is 15.0 Å². The molecule has 0 saturated carbocycles. The SMILES string of the molecule is CCc1cc(C)cc(CC)c1N1CC(S(=O)(=O)Cl)CC1=O. The minimum absolute atomic E-state index is 0.0357. The summed E-state index contributed by atoms with van der Waals surface area (Å²) in [6.07, 6.45) is 1.56. The zero-order chi connectivity index (χ0) is 15.8. The highest BCUT2D eigenvalue weighted by molar-refractivity contribution is 8.14. The Hall–Kier alpha value is -1.07. The molecule has 1 aromatic rings. The molecule has 0 bridgehead atoms. The number of aryl methyl sites for hydroxylation is 3. The van der Waals surface area contributed by atoms with Gasteiger partial charge < -0.3 is 4.90 Å². The van der Waals surface area contributed by atoms with E-state index >= 15 is 0 Å². The summed E-state index contributed by atoms with van der Waals surface area (Å²) >= 11 is 0. The van der Waals surface area contributed by atoms with Gasteiger partial charge in [-0.25, -0.2) is 8.42 Å². The van der Waals surface area contributed by atoms with Crippen molar-refractivity contribution in [3.05, 3.63) is 28.8 Å². The third-order valence-corrected chi connectivity index (χ3v) is 5.80. The number of hydrogen-bond donors (Lipinski definition) is 0. The number of hydrogen-bond acceptors (Lipinski definition) is 3. The first kappa shape index (κ1) is 16.3. The lowest BCUT2D eigenvalue weighted by Crippen LogP contribution is -2.28. The molecule has 0 radical (unpaired) electrons. The van der Waals surface area contributed by atoms with Crippen LogP contribution in [-0.2, 0) is 26.7 Å². The fourth-order valence-corrected chi connectivity index (χ4v) is 3.93. The molecule has 1 amide bonds. The van der Waals surface area contributed by atoms with E-state index in [1.807, 2.05) is 20.8 Å². The molecule has 0 aliphatic carbocycles. The highest BCUT2D eigenvalue weighted by Gasteiger charge is 2.39. The van der Waals surface area contributed by atoms with Crippen LogP contribution >= 0.6 is 10.7 Å². The van der Waals surface area contributed by atoms with Crippen molar-refractivity contribution >= 4 is 31.3 Å². The molecule has 0 aromatic heterocycles. The maximum absolute atomic E-state index is 12.3. The Morgan fingerprint density at radius 1 is 1.24 bits per heavy atom. The molecule has 1 fully saturated rings. The van der Waals surface area contributed by atoms with E-state index in [0.29, 0.717) is 0 Å². The number of halogens is 1. The lowest BCUT2D eigenvalue weighted by molar-refractivity contribution is -0.117. The average Bonchev–Trinajstić information content (AvgIpc) is 2.79. The predicted molar refractivity (Wildman–Crippen MR) is 85.5 cm³/mol. The molecule has 0 spiro atoms. The number of rotatable bonds is 4. The lowest BCUT2D eigenvalue weighted by atomic mass is 9.99. The van der Waals surface area contributed by atoms with Gasteiger partial charge in [-0.15, -0.1) is 0 Å². The van der Waals surface area contributed by atoms with Crippen LogP contribution in [0.5, 0.6) is 0 Å². The van der Waals surface area contributed by atoms with E-state index in [-0.39, 0.29) is 18.9 Å². The number of nitrogens with zero attached hydrogens (tertiary/aromatic N) is 1. The van der Waals surface area contributed by atoms with E-state index < -0.39 is 14.3 Å². The lowest BCUT2D eigenvalue weighted by Gasteiger charge is -2.24. The van der Waals surface area contributed by atoms with Crippen molar-refractivity contribution in [2.75, 3.05) is 11.4 Å². The number of benzene rings is 1. The molecule has 1 aliphatic rings. The van der Waals surface area contributed by atoms with Crippen LogP contribution in [0.1, 0.15) is 37.0 Å². The molecule has 1 aromatic carbocycles. The number of carbonyl (C=O) groups is 1. The number of amides is 1. The highest BCUT2D eigenvalue weighted by Crippen LogP contribution is 2.33. The number of carbonyl (C=O) groups excluding carboxylic acids is 1. The molecule has 2 rings (SSSR count). The minimum Gasteiger partial charge on any atom is -0.310 e. The van der Waals surface area contributed by atoms with Gasteiger partial charge in [0.1, 0.15) is 5.25 Å². The van der Waals surface area contributed by atoms with E-state index in [4.69, 9.17) is 10.7 Å². The zero-order valence-electron chi connectivity index (χ0n) is 12.5. The van der Waals surface area contributed by atoms with Gasteiger partial charge >= 0.3 is 0 Å². The van der Waals surface area contributed by atoms with Gasteiger partial charge in [0, 0.05) is 23.6 Å². The van der Waals surface area contributed by atoms with Crippen LogP contribution in [0.25, 0.3) is 0 Å². The second-order valence-electron chi connectivity index (χ2n) is 5.44. The van der Waals surface area contributed by atoms with Crippen LogP contribution in [0.3, 0.4) is 0 Å². The topological polar surface area (TPSA) is 54.5 Å². The van der Waals surface area contributed by atoms with E-state index in [1.54, 1.807) is 4.90 Å². The van der Waals surface area contributed by atoms with Crippen molar-refractivity contribution in [3.63, 3.8) is 0 Å². The summed E-state index contributed by atoms with van der Waals surface area (Å²) < 4.78 is 23.0. The van der Waals surface area contributed by atoms with E-state index in [9.17, 15) is 13.2 Å². The van der Waals surface area contributed by atoms with Gasteiger partial charge in [0.15, 0.2) is 0 Å². The normalized spacial score (nSPS) is 19.3. The van der Waals surface area contributed by atoms with Crippen LogP contribution in [-0.4, -0.2) is 26.1 Å². The maximum atomic E-state index is 12.3. The summed E-state index contributed by atoms with van der Waals surface area (Å²) in [5.41, 5.74) is 4.18. The second-order valence-corrected chi connectivity index (χ2v) is 8.35. The van der Waals surface area contributed by atoms with Gasteiger partial charge in [-0.1, -0.05) is 31.5 Å². The van der Waals surface area contributed by atoms with E-state index in [0.717, 1.165) is 35.2 Å². The molecule has 21 heavy (non-hydrogen) atoms. The summed E-state index contributed by atoms with van der Waals surface area (Å²) in [4.78, 5) is 13.9. The first-order valence-corrected chi connectivity index (χ1v) is 9.51. The Bertz CT molecular complexity index is 644. The molecule has 4 nitrogen and oxygen atoms in total. The van der Waals surface area contributed by atoms with Gasteiger partial charge in [-0.05, 0) is 30.9 Å². The third-order valence-electron chi connectivity index (χ3n) is 3.93. The molecule has 1 heterocycles. The fraction of sp³-hybridized carbons (Fsp3) is 0.533. The van der Waals surface area contributed by atoms with Crippen LogP contribution in [0.4, 0.5) is 5.69 Å². The molecule has 6 heteroatoms. The molecular weight excluding hydrogens is 310 g/mol. The summed E-state index contributed by atoms with van der Waals surface area (Å²) in [6, 6.07) is 4.12.